The van der Waals surface area contributed by atoms with Crippen LogP contribution in [0.4, 0.5) is 0 Å². The first-order chi connectivity index (χ1) is 31.1. The molecule has 63 heavy (non-hydrogen) atoms. The standard InChI is InChI=1S/C56H36N6O/c1-3-15-35(4-2)38-19-14-20-41(32-38)60-49-24-12-13-25-50(49)61-48-30-28-40(34-46(48)57-54(61)55(60)63)39-27-29-47-44(33-39)52-42-21-9-8-16-36(42)26-31-51(52)62(47)56-58-45-23-11-10-22-43(45)53(59-56)37-17-6-5-7-18-37/h3-34H,1-2H2/b35-15+. The number of rotatable bonds is 7. The predicted molar refractivity (Wildman–Crippen MR) is 260 cm³/mol. The van der Waals surface area contributed by atoms with Gasteiger partial charge in [-0.1, -0.05) is 147 Å². The lowest BCUT2D eigenvalue weighted by atomic mass is 10.00. The van der Waals surface area contributed by atoms with Gasteiger partial charge in [0.05, 0.1) is 50.0 Å². The van der Waals surface area contributed by atoms with Gasteiger partial charge in [-0.2, -0.15) is 0 Å². The van der Waals surface area contributed by atoms with E-state index in [9.17, 15) is 4.79 Å². The molecule has 7 nitrogen and oxygen atoms in total. The molecule has 12 aromatic rings. The van der Waals surface area contributed by atoms with Crippen LogP contribution < -0.4 is 5.56 Å². The van der Waals surface area contributed by atoms with Crippen molar-refractivity contribution in [2.75, 3.05) is 0 Å². The molecule has 0 saturated carbocycles. The number of para-hydroxylation sites is 3. The van der Waals surface area contributed by atoms with E-state index in [1.165, 1.54) is 0 Å². The summed E-state index contributed by atoms with van der Waals surface area (Å²) in [6, 6.07) is 60.2. The molecular weight excluding hydrogens is 773 g/mol. The highest BCUT2D eigenvalue weighted by atomic mass is 16.1. The second-order valence-corrected chi connectivity index (χ2v) is 15.7. The van der Waals surface area contributed by atoms with Crippen molar-refractivity contribution >= 4 is 76.8 Å². The van der Waals surface area contributed by atoms with Crippen molar-refractivity contribution in [3.05, 3.63) is 223 Å². The quantitative estimate of drug-likeness (QED) is 0.150. The second-order valence-electron chi connectivity index (χ2n) is 15.7. The first-order valence-electron chi connectivity index (χ1n) is 20.9. The molecule has 0 fully saturated rings. The van der Waals surface area contributed by atoms with Crippen molar-refractivity contribution < 1.29 is 0 Å². The molecular formula is C56H36N6O. The van der Waals surface area contributed by atoms with Crippen LogP contribution in [0, 0.1) is 0 Å². The van der Waals surface area contributed by atoms with E-state index in [-0.39, 0.29) is 5.56 Å². The summed E-state index contributed by atoms with van der Waals surface area (Å²) in [5.41, 5.74) is 12.8. The van der Waals surface area contributed by atoms with Crippen LogP contribution in [0.2, 0.25) is 0 Å². The summed E-state index contributed by atoms with van der Waals surface area (Å²) in [7, 11) is 0. The average molecular weight is 809 g/mol. The maximum atomic E-state index is 14.6. The van der Waals surface area contributed by atoms with Crippen molar-refractivity contribution in [2.45, 2.75) is 0 Å². The highest BCUT2D eigenvalue weighted by molar-refractivity contribution is 6.22. The molecule has 0 spiro atoms. The minimum atomic E-state index is -0.205. The number of hydrogen-bond donors (Lipinski definition) is 0. The largest absolute Gasteiger partial charge is 0.299 e. The molecule has 4 heterocycles. The smallest absolute Gasteiger partial charge is 0.286 e. The van der Waals surface area contributed by atoms with E-state index < -0.39 is 0 Å². The van der Waals surface area contributed by atoms with E-state index in [0.29, 0.717) is 11.6 Å². The lowest BCUT2D eigenvalue weighted by molar-refractivity contribution is 1.01. The Labute approximate surface area is 361 Å². The molecule has 0 N–H and O–H groups in total. The fourth-order valence-corrected chi connectivity index (χ4v) is 9.35. The molecule has 0 aliphatic rings. The summed E-state index contributed by atoms with van der Waals surface area (Å²) in [6.45, 7) is 7.85. The molecule has 8 aromatic carbocycles. The number of allylic oxidation sites excluding steroid dienone is 4. The fraction of sp³-hybridized carbons (Fsp3) is 0. The van der Waals surface area contributed by atoms with Crippen LogP contribution in [0.5, 0.6) is 0 Å². The topological polar surface area (TPSA) is 70.0 Å². The Morgan fingerprint density at radius 2 is 1.24 bits per heavy atom. The third kappa shape index (κ3) is 5.60. The van der Waals surface area contributed by atoms with Gasteiger partial charge in [0.2, 0.25) is 11.6 Å². The van der Waals surface area contributed by atoms with Gasteiger partial charge in [-0.3, -0.25) is 18.3 Å². The molecule has 0 bridgehead atoms. The average Bonchev–Trinajstić information content (AvgIpc) is 3.90. The van der Waals surface area contributed by atoms with Crippen LogP contribution in [0.1, 0.15) is 5.56 Å². The summed E-state index contributed by atoms with van der Waals surface area (Å²) in [6.07, 6.45) is 5.44. The van der Waals surface area contributed by atoms with E-state index in [4.69, 9.17) is 15.0 Å². The Morgan fingerprint density at radius 1 is 0.508 bits per heavy atom. The Balaban J connectivity index is 1.06. The van der Waals surface area contributed by atoms with Gasteiger partial charge in [-0.15, -0.1) is 0 Å². The summed E-state index contributed by atoms with van der Waals surface area (Å²) in [4.78, 5) is 30.2. The molecule has 0 aliphatic carbocycles. The lowest BCUT2D eigenvalue weighted by Crippen LogP contribution is -2.22. The molecule has 0 aliphatic heterocycles. The number of fused-ring (bicyclic) bond motifs is 11. The van der Waals surface area contributed by atoms with Crippen LogP contribution in [0.3, 0.4) is 0 Å². The van der Waals surface area contributed by atoms with Crippen LogP contribution in [0.25, 0.3) is 111 Å². The van der Waals surface area contributed by atoms with Gasteiger partial charge in [0.1, 0.15) is 0 Å². The van der Waals surface area contributed by atoms with Gasteiger partial charge in [0.25, 0.3) is 5.56 Å². The normalized spacial score (nSPS) is 12.1. The molecule has 0 unspecified atom stereocenters. The van der Waals surface area contributed by atoms with Gasteiger partial charge < -0.3 is 0 Å². The van der Waals surface area contributed by atoms with Crippen molar-refractivity contribution in [3.63, 3.8) is 0 Å². The SMILES string of the molecule is C=C/C=C(\C=C)c1cccc(-n2c(=O)c3nc4cc(-c5ccc6c(c5)c5c7ccccc7ccc5n6-c5nc(-c6ccccc6)c6ccccc6n5)ccc4n3c3ccccc32)c1. The van der Waals surface area contributed by atoms with E-state index in [1.54, 1.807) is 16.7 Å². The van der Waals surface area contributed by atoms with E-state index in [1.807, 2.05) is 89.3 Å². The first kappa shape index (κ1) is 36.2. The summed E-state index contributed by atoms with van der Waals surface area (Å²) in [5, 5.41) is 5.54. The summed E-state index contributed by atoms with van der Waals surface area (Å²) in [5.74, 6) is 0.612. The van der Waals surface area contributed by atoms with Crippen molar-refractivity contribution in [1.82, 2.24) is 28.5 Å². The van der Waals surface area contributed by atoms with E-state index in [0.717, 1.165) is 105 Å². The van der Waals surface area contributed by atoms with Gasteiger partial charge in [0.15, 0.2) is 0 Å². The number of imidazole rings is 1. The minimum absolute atomic E-state index is 0.205. The minimum Gasteiger partial charge on any atom is -0.286 e. The number of nitrogens with zero attached hydrogens (tertiary/aromatic N) is 6. The third-order valence-electron chi connectivity index (χ3n) is 12.2. The summed E-state index contributed by atoms with van der Waals surface area (Å²) < 4.78 is 5.94. The molecule has 296 valence electrons. The van der Waals surface area contributed by atoms with Gasteiger partial charge in [-0.25, -0.2) is 15.0 Å². The van der Waals surface area contributed by atoms with Gasteiger partial charge in [-0.05, 0) is 93.7 Å². The number of aromatic nitrogens is 6. The number of benzene rings is 8. The lowest BCUT2D eigenvalue weighted by Gasteiger charge is -2.14. The number of hydrogen-bond acceptors (Lipinski definition) is 4. The first-order valence-corrected chi connectivity index (χ1v) is 20.9. The Morgan fingerprint density at radius 3 is 2.08 bits per heavy atom. The van der Waals surface area contributed by atoms with Crippen LogP contribution in [-0.2, 0) is 0 Å². The zero-order chi connectivity index (χ0) is 42.2. The Bertz CT molecular complexity index is 3980. The highest BCUT2D eigenvalue weighted by Gasteiger charge is 2.21. The molecule has 0 amide bonds. The highest BCUT2D eigenvalue weighted by Crippen LogP contribution is 2.40. The summed E-state index contributed by atoms with van der Waals surface area (Å²) >= 11 is 0. The maximum Gasteiger partial charge on any atom is 0.299 e. The van der Waals surface area contributed by atoms with Crippen molar-refractivity contribution in [3.8, 4) is 34.0 Å². The molecule has 0 saturated heterocycles. The molecule has 0 atom stereocenters. The van der Waals surface area contributed by atoms with Crippen LogP contribution in [-0.4, -0.2) is 28.5 Å². The maximum absolute atomic E-state index is 14.6. The Hall–Kier alpha value is -8.68. The zero-order valence-electron chi connectivity index (χ0n) is 34.0. The van der Waals surface area contributed by atoms with E-state index in [2.05, 4.69) is 115 Å². The third-order valence-corrected chi connectivity index (χ3v) is 12.2. The zero-order valence-corrected chi connectivity index (χ0v) is 34.0. The molecule has 4 aromatic heterocycles. The van der Waals surface area contributed by atoms with Crippen molar-refractivity contribution in [2.24, 2.45) is 0 Å². The molecule has 7 heteroatoms. The van der Waals surface area contributed by atoms with Gasteiger partial charge in [0, 0.05) is 21.7 Å². The second kappa shape index (κ2) is 14.2. The molecule has 12 rings (SSSR count). The van der Waals surface area contributed by atoms with Crippen LogP contribution >= 0.6 is 0 Å². The fourth-order valence-electron chi connectivity index (χ4n) is 9.35. The van der Waals surface area contributed by atoms with Gasteiger partial charge >= 0.3 is 0 Å². The van der Waals surface area contributed by atoms with Crippen LogP contribution in [0.15, 0.2) is 212 Å². The predicted octanol–water partition coefficient (Wildman–Crippen LogP) is 13.1. The Kier molecular flexibility index (Phi) is 8.17. The monoisotopic (exact) mass is 808 g/mol. The van der Waals surface area contributed by atoms with E-state index >= 15 is 0 Å². The van der Waals surface area contributed by atoms with Crippen molar-refractivity contribution in [1.29, 1.82) is 0 Å². The molecule has 0 radical (unpaired) electrons.